The molecule has 0 saturated carbocycles. The van der Waals surface area contributed by atoms with Crippen LogP contribution in [-0.2, 0) is 16.1 Å². The number of halogens is 1. The summed E-state index contributed by atoms with van der Waals surface area (Å²) < 4.78 is 5.42. The van der Waals surface area contributed by atoms with E-state index in [1.165, 1.54) is 6.92 Å². The van der Waals surface area contributed by atoms with Crippen molar-refractivity contribution in [2.75, 3.05) is 19.7 Å². The van der Waals surface area contributed by atoms with Crippen LogP contribution >= 0.6 is 11.6 Å². The van der Waals surface area contributed by atoms with Gasteiger partial charge in [0.25, 0.3) is 0 Å². The standard InChI is InChI=1S/C17H23ClN2O4/c1-4-9-24-16-6-5-14(10-15(16)18)11-20(12(2)17(22)23)8-7-19-13(3)21/h4-6,10,12H,1,7-9,11H2,2-3H3,(H,19,21)(H,22,23). The number of benzene rings is 1. The highest BCUT2D eigenvalue weighted by molar-refractivity contribution is 6.32. The summed E-state index contributed by atoms with van der Waals surface area (Å²) in [5.41, 5.74) is 0.863. The first-order valence-corrected chi connectivity index (χ1v) is 7.96. The number of aliphatic carboxylic acids is 1. The zero-order valence-electron chi connectivity index (χ0n) is 13.9. The Kier molecular flexibility index (Phi) is 8.29. The Balaban J connectivity index is 2.80. The third-order valence-corrected chi connectivity index (χ3v) is 3.71. The average Bonchev–Trinajstić information content (AvgIpc) is 2.52. The molecule has 1 aromatic rings. The predicted molar refractivity (Wildman–Crippen MR) is 93.3 cm³/mol. The van der Waals surface area contributed by atoms with Crippen molar-refractivity contribution < 1.29 is 19.4 Å². The quantitative estimate of drug-likeness (QED) is 0.630. The summed E-state index contributed by atoms with van der Waals surface area (Å²) in [7, 11) is 0. The minimum atomic E-state index is -0.921. The Labute approximate surface area is 147 Å². The van der Waals surface area contributed by atoms with E-state index in [0.29, 0.717) is 37.0 Å². The van der Waals surface area contributed by atoms with Gasteiger partial charge in [0.2, 0.25) is 5.91 Å². The molecule has 0 aromatic heterocycles. The van der Waals surface area contributed by atoms with Gasteiger partial charge in [0.15, 0.2) is 0 Å². The highest BCUT2D eigenvalue weighted by Crippen LogP contribution is 2.26. The van der Waals surface area contributed by atoms with E-state index in [1.807, 2.05) is 6.07 Å². The van der Waals surface area contributed by atoms with Crippen molar-refractivity contribution in [2.24, 2.45) is 0 Å². The van der Waals surface area contributed by atoms with Gasteiger partial charge >= 0.3 is 5.97 Å². The van der Waals surface area contributed by atoms with Crippen LogP contribution in [0.25, 0.3) is 0 Å². The number of carboxylic acid groups (broad SMARTS) is 1. The number of ether oxygens (including phenoxy) is 1. The molecule has 0 spiro atoms. The van der Waals surface area contributed by atoms with Gasteiger partial charge in [-0.05, 0) is 24.6 Å². The lowest BCUT2D eigenvalue weighted by molar-refractivity contribution is -0.142. The normalized spacial score (nSPS) is 11.8. The highest BCUT2D eigenvalue weighted by atomic mass is 35.5. The molecule has 0 bridgehead atoms. The molecule has 0 radical (unpaired) electrons. The second-order valence-electron chi connectivity index (χ2n) is 5.33. The largest absolute Gasteiger partial charge is 0.488 e. The Morgan fingerprint density at radius 1 is 1.50 bits per heavy atom. The Hall–Kier alpha value is -2.05. The molecule has 0 aliphatic carbocycles. The van der Waals surface area contributed by atoms with Gasteiger partial charge in [-0.3, -0.25) is 14.5 Å². The Morgan fingerprint density at radius 2 is 2.21 bits per heavy atom. The average molecular weight is 355 g/mol. The number of carbonyl (C=O) groups excluding carboxylic acids is 1. The van der Waals surface area contributed by atoms with Crippen LogP contribution in [0.1, 0.15) is 19.4 Å². The monoisotopic (exact) mass is 354 g/mol. The summed E-state index contributed by atoms with van der Waals surface area (Å²) in [6.07, 6.45) is 1.63. The zero-order chi connectivity index (χ0) is 18.1. The first-order valence-electron chi connectivity index (χ1n) is 7.58. The molecule has 0 aliphatic heterocycles. The van der Waals surface area contributed by atoms with Gasteiger partial charge in [0.05, 0.1) is 5.02 Å². The van der Waals surface area contributed by atoms with E-state index >= 15 is 0 Å². The van der Waals surface area contributed by atoms with Gasteiger partial charge < -0.3 is 15.2 Å². The van der Waals surface area contributed by atoms with Crippen molar-refractivity contribution in [3.8, 4) is 5.75 Å². The van der Waals surface area contributed by atoms with E-state index in [4.69, 9.17) is 16.3 Å². The fourth-order valence-electron chi connectivity index (χ4n) is 2.08. The SMILES string of the molecule is C=CCOc1ccc(CN(CCNC(C)=O)C(C)C(=O)O)cc1Cl. The number of amides is 1. The molecular formula is C17H23ClN2O4. The van der Waals surface area contributed by atoms with Crippen molar-refractivity contribution in [3.05, 3.63) is 41.4 Å². The number of carboxylic acids is 1. The molecule has 1 unspecified atom stereocenters. The van der Waals surface area contributed by atoms with Crippen molar-refractivity contribution in [1.82, 2.24) is 10.2 Å². The third kappa shape index (κ3) is 6.60. The van der Waals surface area contributed by atoms with Crippen molar-refractivity contribution >= 4 is 23.5 Å². The van der Waals surface area contributed by atoms with E-state index in [-0.39, 0.29) is 5.91 Å². The maximum atomic E-state index is 11.3. The molecule has 2 N–H and O–H groups in total. The first-order chi connectivity index (χ1) is 11.3. The fraction of sp³-hybridized carbons (Fsp3) is 0.412. The first kappa shape index (κ1) is 20.0. The van der Waals surface area contributed by atoms with Crippen LogP contribution in [0.2, 0.25) is 5.02 Å². The van der Waals surface area contributed by atoms with E-state index in [0.717, 1.165) is 5.56 Å². The number of hydrogen-bond donors (Lipinski definition) is 2. The summed E-state index contributed by atoms with van der Waals surface area (Å²) in [6, 6.07) is 4.65. The summed E-state index contributed by atoms with van der Waals surface area (Å²) in [4.78, 5) is 24.0. The topological polar surface area (TPSA) is 78.9 Å². The van der Waals surface area contributed by atoms with Gasteiger partial charge in [-0.1, -0.05) is 30.3 Å². The maximum Gasteiger partial charge on any atom is 0.320 e. The molecule has 0 aliphatic rings. The number of carbonyl (C=O) groups is 2. The van der Waals surface area contributed by atoms with Crippen molar-refractivity contribution in [2.45, 2.75) is 26.4 Å². The molecule has 0 saturated heterocycles. The van der Waals surface area contributed by atoms with Gasteiger partial charge in [-0.15, -0.1) is 0 Å². The number of rotatable bonds is 10. The zero-order valence-corrected chi connectivity index (χ0v) is 14.7. The molecule has 0 fully saturated rings. The van der Waals surface area contributed by atoms with Gasteiger partial charge in [-0.2, -0.15) is 0 Å². The van der Waals surface area contributed by atoms with Crippen LogP contribution in [0, 0.1) is 0 Å². The maximum absolute atomic E-state index is 11.3. The molecule has 1 aromatic carbocycles. The smallest absolute Gasteiger partial charge is 0.320 e. The van der Waals surface area contributed by atoms with Crippen LogP contribution in [0.4, 0.5) is 0 Å². The van der Waals surface area contributed by atoms with Crippen LogP contribution in [0.3, 0.4) is 0 Å². The second-order valence-corrected chi connectivity index (χ2v) is 5.74. The summed E-state index contributed by atoms with van der Waals surface area (Å²) in [5, 5.41) is 12.4. The summed E-state index contributed by atoms with van der Waals surface area (Å²) in [6.45, 7) is 8.16. The second kappa shape index (κ2) is 9.95. The van der Waals surface area contributed by atoms with Crippen LogP contribution in [0.15, 0.2) is 30.9 Å². The van der Waals surface area contributed by atoms with E-state index < -0.39 is 12.0 Å². The summed E-state index contributed by atoms with van der Waals surface area (Å²) in [5.74, 6) is -0.518. The molecule has 6 nitrogen and oxygen atoms in total. The highest BCUT2D eigenvalue weighted by Gasteiger charge is 2.21. The van der Waals surface area contributed by atoms with Crippen LogP contribution in [0.5, 0.6) is 5.75 Å². The minimum absolute atomic E-state index is 0.148. The van der Waals surface area contributed by atoms with Gasteiger partial charge in [0.1, 0.15) is 18.4 Å². The third-order valence-electron chi connectivity index (χ3n) is 3.42. The van der Waals surface area contributed by atoms with E-state index in [9.17, 15) is 14.7 Å². The minimum Gasteiger partial charge on any atom is -0.488 e. The molecule has 0 heterocycles. The lowest BCUT2D eigenvalue weighted by atomic mass is 10.1. The van der Waals surface area contributed by atoms with Gasteiger partial charge in [0, 0.05) is 26.6 Å². The number of nitrogens with zero attached hydrogens (tertiary/aromatic N) is 1. The summed E-state index contributed by atoms with van der Waals surface area (Å²) >= 11 is 6.19. The molecule has 1 amide bonds. The molecule has 24 heavy (non-hydrogen) atoms. The molecule has 1 rings (SSSR count). The Morgan fingerprint density at radius 3 is 2.75 bits per heavy atom. The molecule has 7 heteroatoms. The van der Waals surface area contributed by atoms with Crippen molar-refractivity contribution in [3.63, 3.8) is 0 Å². The lowest BCUT2D eigenvalue weighted by Crippen LogP contribution is -2.42. The molecule has 1 atom stereocenters. The van der Waals surface area contributed by atoms with Crippen LogP contribution < -0.4 is 10.1 Å². The Bertz CT molecular complexity index is 592. The fourth-order valence-corrected chi connectivity index (χ4v) is 2.34. The van der Waals surface area contributed by atoms with Crippen LogP contribution in [-0.4, -0.2) is 47.6 Å². The van der Waals surface area contributed by atoms with Crippen molar-refractivity contribution in [1.29, 1.82) is 0 Å². The van der Waals surface area contributed by atoms with Gasteiger partial charge in [-0.25, -0.2) is 0 Å². The number of hydrogen-bond acceptors (Lipinski definition) is 4. The number of nitrogens with one attached hydrogen (secondary N) is 1. The molecule has 132 valence electrons. The van der Waals surface area contributed by atoms with E-state index in [2.05, 4.69) is 11.9 Å². The lowest BCUT2D eigenvalue weighted by Gasteiger charge is -2.26. The van der Waals surface area contributed by atoms with E-state index in [1.54, 1.807) is 30.0 Å². The predicted octanol–water partition coefficient (Wildman–Crippen LogP) is 2.32. The molecular weight excluding hydrogens is 332 g/mol.